The Bertz CT molecular complexity index is 352. The molecular weight excluding hydrogens is 266 g/mol. The summed E-state index contributed by atoms with van der Waals surface area (Å²) in [5.41, 5.74) is -0.00541. The van der Waals surface area contributed by atoms with Gasteiger partial charge in [-0.25, -0.2) is 4.79 Å². The average molecular weight is 299 g/mol. The largest absolute Gasteiger partial charge is 0.444 e. The van der Waals surface area contributed by atoms with Gasteiger partial charge in [-0.05, 0) is 56.8 Å². The van der Waals surface area contributed by atoms with Gasteiger partial charge in [0.15, 0.2) is 0 Å². The van der Waals surface area contributed by atoms with Crippen LogP contribution in [0, 0.1) is 10.8 Å². The summed E-state index contributed by atoms with van der Waals surface area (Å²) in [7, 11) is 0. The molecule has 0 saturated heterocycles. The maximum absolute atomic E-state index is 12.0. The lowest BCUT2D eigenvalue weighted by molar-refractivity contribution is 0.0229. The zero-order valence-electron chi connectivity index (χ0n) is 14.4. The van der Waals surface area contributed by atoms with Crippen LogP contribution in [0.5, 0.6) is 0 Å². The zero-order chi connectivity index (χ0) is 16.1. The van der Waals surface area contributed by atoms with Gasteiger partial charge >= 0.3 is 6.09 Å². The predicted molar refractivity (Wildman–Crippen MR) is 85.2 cm³/mol. The van der Waals surface area contributed by atoms with Crippen LogP contribution in [0.15, 0.2) is 0 Å². The number of aliphatic hydroxyl groups excluding tert-OH is 1. The second kappa shape index (κ2) is 6.99. The molecule has 1 unspecified atom stereocenters. The van der Waals surface area contributed by atoms with Gasteiger partial charge in [0, 0.05) is 13.2 Å². The fourth-order valence-corrected chi connectivity index (χ4v) is 3.61. The molecule has 0 heterocycles. The Labute approximate surface area is 129 Å². The molecule has 1 saturated carbocycles. The van der Waals surface area contributed by atoms with Crippen molar-refractivity contribution in [1.29, 1.82) is 0 Å². The smallest absolute Gasteiger partial charge is 0.407 e. The molecule has 1 amide bonds. The molecule has 1 rings (SSSR count). The van der Waals surface area contributed by atoms with E-state index in [4.69, 9.17) is 9.84 Å². The van der Waals surface area contributed by atoms with Crippen molar-refractivity contribution in [3.05, 3.63) is 0 Å². The Morgan fingerprint density at radius 3 is 2.52 bits per heavy atom. The van der Waals surface area contributed by atoms with Gasteiger partial charge in [-0.3, -0.25) is 0 Å². The molecule has 2 N–H and O–H groups in total. The van der Waals surface area contributed by atoms with E-state index in [2.05, 4.69) is 26.1 Å². The number of alkyl carbamates (subject to hydrolysis) is 1. The molecule has 0 aromatic carbocycles. The van der Waals surface area contributed by atoms with E-state index in [1.807, 2.05) is 13.8 Å². The number of hydrogen-bond donors (Lipinski definition) is 2. The second-order valence-electron chi connectivity index (χ2n) is 8.34. The van der Waals surface area contributed by atoms with Crippen molar-refractivity contribution in [3.63, 3.8) is 0 Å². The Balaban J connectivity index is 2.42. The number of aliphatic hydroxyl groups is 1. The molecule has 1 aliphatic carbocycles. The standard InChI is InChI=1S/C17H33NO3/c1-15(2)8-6-10-17(5,12-15)13-18-14(20)21-16(3,4)9-7-11-19/h19H,6-13H2,1-5H3,(H,18,20). The summed E-state index contributed by atoms with van der Waals surface area (Å²) >= 11 is 0. The van der Waals surface area contributed by atoms with Crippen LogP contribution in [0.25, 0.3) is 0 Å². The molecule has 0 spiro atoms. The molecule has 1 aliphatic rings. The molecule has 21 heavy (non-hydrogen) atoms. The Morgan fingerprint density at radius 2 is 1.95 bits per heavy atom. The van der Waals surface area contributed by atoms with E-state index in [-0.39, 0.29) is 18.1 Å². The lowest BCUT2D eigenvalue weighted by Crippen LogP contribution is -2.43. The quantitative estimate of drug-likeness (QED) is 0.782. The molecule has 4 nitrogen and oxygen atoms in total. The number of nitrogens with one attached hydrogen (secondary N) is 1. The number of rotatable bonds is 6. The number of amides is 1. The fraction of sp³-hybridized carbons (Fsp3) is 0.941. The van der Waals surface area contributed by atoms with Crippen LogP contribution in [0.1, 0.15) is 73.1 Å². The number of carbonyl (C=O) groups excluding carboxylic acids is 1. The summed E-state index contributed by atoms with van der Waals surface area (Å²) in [4.78, 5) is 12.0. The first-order valence-electron chi connectivity index (χ1n) is 8.15. The van der Waals surface area contributed by atoms with Gasteiger partial charge in [0.1, 0.15) is 5.60 Å². The van der Waals surface area contributed by atoms with Gasteiger partial charge in [-0.2, -0.15) is 0 Å². The van der Waals surface area contributed by atoms with E-state index in [1.54, 1.807) is 0 Å². The third-order valence-corrected chi connectivity index (χ3v) is 4.50. The van der Waals surface area contributed by atoms with Crippen molar-refractivity contribution in [3.8, 4) is 0 Å². The van der Waals surface area contributed by atoms with Crippen LogP contribution in [-0.2, 0) is 4.74 Å². The second-order valence-corrected chi connectivity index (χ2v) is 8.34. The molecule has 0 bridgehead atoms. The molecule has 0 aromatic heterocycles. The SMILES string of the molecule is CC1(C)CCCC(C)(CNC(=O)OC(C)(C)CCCO)C1. The van der Waals surface area contributed by atoms with E-state index in [1.165, 1.54) is 12.8 Å². The van der Waals surface area contributed by atoms with Gasteiger partial charge in [-0.15, -0.1) is 0 Å². The normalized spacial score (nSPS) is 25.4. The zero-order valence-corrected chi connectivity index (χ0v) is 14.4. The van der Waals surface area contributed by atoms with Crippen LogP contribution < -0.4 is 5.32 Å². The van der Waals surface area contributed by atoms with Crippen LogP contribution in [0.3, 0.4) is 0 Å². The first kappa shape index (κ1) is 18.3. The van der Waals surface area contributed by atoms with Crippen molar-refractivity contribution in [2.24, 2.45) is 10.8 Å². The highest BCUT2D eigenvalue weighted by Gasteiger charge is 2.37. The first-order chi connectivity index (χ1) is 9.58. The summed E-state index contributed by atoms with van der Waals surface area (Å²) < 4.78 is 5.47. The summed E-state index contributed by atoms with van der Waals surface area (Å²) in [6.45, 7) is 11.4. The topological polar surface area (TPSA) is 58.6 Å². The van der Waals surface area contributed by atoms with Crippen molar-refractivity contribution in [2.75, 3.05) is 13.2 Å². The molecule has 0 aromatic rings. The predicted octanol–water partition coefficient (Wildman–Crippen LogP) is 3.87. The fourth-order valence-electron chi connectivity index (χ4n) is 3.61. The minimum absolute atomic E-state index is 0.127. The molecule has 1 atom stereocenters. The number of carbonyl (C=O) groups is 1. The van der Waals surface area contributed by atoms with Crippen molar-refractivity contribution < 1.29 is 14.6 Å². The molecule has 0 aliphatic heterocycles. The van der Waals surface area contributed by atoms with Gasteiger partial charge in [0.05, 0.1) is 0 Å². The summed E-state index contributed by atoms with van der Waals surface area (Å²) in [5, 5.41) is 11.8. The first-order valence-corrected chi connectivity index (χ1v) is 8.15. The highest BCUT2D eigenvalue weighted by Crippen LogP contribution is 2.45. The minimum atomic E-state index is -0.528. The molecule has 1 fully saturated rings. The lowest BCUT2D eigenvalue weighted by Gasteiger charge is -2.43. The van der Waals surface area contributed by atoms with Crippen LogP contribution in [0.2, 0.25) is 0 Å². The average Bonchev–Trinajstić information content (AvgIpc) is 2.32. The number of ether oxygens (including phenoxy) is 1. The van der Waals surface area contributed by atoms with E-state index < -0.39 is 5.60 Å². The van der Waals surface area contributed by atoms with Crippen molar-refractivity contribution in [2.45, 2.75) is 78.7 Å². The van der Waals surface area contributed by atoms with Gasteiger partial charge < -0.3 is 15.2 Å². The van der Waals surface area contributed by atoms with E-state index in [9.17, 15) is 4.79 Å². The van der Waals surface area contributed by atoms with Crippen LogP contribution >= 0.6 is 0 Å². The minimum Gasteiger partial charge on any atom is -0.444 e. The van der Waals surface area contributed by atoms with Gasteiger partial charge in [-0.1, -0.05) is 27.2 Å². The maximum Gasteiger partial charge on any atom is 0.407 e. The third kappa shape index (κ3) is 6.68. The van der Waals surface area contributed by atoms with E-state index in [0.717, 1.165) is 12.8 Å². The third-order valence-electron chi connectivity index (χ3n) is 4.50. The van der Waals surface area contributed by atoms with Crippen molar-refractivity contribution >= 4 is 6.09 Å². The summed E-state index contributed by atoms with van der Waals surface area (Å²) in [6, 6.07) is 0. The van der Waals surface area contributed by atoms with Crippen LogP contribution in [-0.4, -0.2) is 30.0 Å². The van der Waals surface area contributed by atoms with Crippen LogP contribution in [0.4, 0.5) is 4.79 Å². The van der Waals surface area contributed by atoms with Crippen molar-refractivity contribution in [1.82, 2.24) is 5.32 Å². The Morgan fingerprint density at radius 1 is 1.29 bits per heavy atom. The van der Waals surface area contributed by atoms with Gasteiger partial charge in [0.2, 0.25) is 0 Å². The maximum atomic E-state index is 12.0. The highest BCUT2D eigenvalue weighted by atomic mass is 16.6. The monoisotopic (exact) mass is 299 g/mol. The lowest BCUT2D eigenvalue weighted by atomic mass is 9.64. The van der Waals surface area contributed by atoms with E-state index in [0.29, 0.717) is 24.8 Å². The Kier molecular flexibility index (Phi) is 6.09. The van der Waals surface area contributed by atoms with Gasteiger partial charge in [0.25, 0.3) is 0 Å². The molecule has 0 radical (unpaired) electrons. The molecule has 124 valence electrons. The number of hydrogen-bond acceptors (Lipinski definition) is 3. The summed E-state index contributed by atoms with van der Waals surface area (Å²) in [6.07, 6.45) is 5.75. The molecule has 4 heteroatoms. The summed E-state index contributed by atoms with van der Waals surface area (Å²) in [5.74, 6) is 0. The van der Waals surface area contributed by atoms with E-state index >= 15 is 0 Å². The molecular formula is C17H33NO3. The Hall–Kier alpha value is -0.770. The highest BCUT2D eigenvalue weighted by molar-refractivity contribution is 5.67.